The van der Waals surface area contributed by atoms with Crippen LogP contribution in [0.5, 0.6) is 0 Å². The van der Waals surface area contributed by atoms with Crippen molar-refractivity contribution >= 4 is 11.6 Å². The maximum Gasteiger partial charge on any atom is 0.330 e. The van der Waals surface area contributed by atoms with E-state index in [9.17, 15) is 26.7 Å². The summed E-state index contributed by atoms with van der Waals surface area (Å²) in [5.74, 6) is -5.24. The van der Waals surface area contributed by atoms with E-state index in [1.807, 2.05) is 4.90 Å². The van der Waals surface area contributed by atoms with E-state index in [1.54, 1.807) is 18.2 Å². The molecule has 1 heterocycles. The van der Waals surface area contributed by atoms with Gasteiger partial charge in [0.05, 0.1) is 5.69 Å². The predicted molar refractivity (Wildman–Crippen MR) is 81.5 cm³/mol. The number of ether oxygens (including phenoxy) is 1. The molecule has 0 unspecified atom stereocenters. The number of halogens is 5. The van der Waals surface area contributed by atoms with Crippen LogP contribution in [0.25, 0.3) is 0 Å². The highest BCUT2D eigenvalue weighted by Crippen LogP contribution is 2.24. The summed E-state index contributed by atoms with van der Waals surface area (Å²) in [7, 11) is 0. The smallest absolute Gasteiger partial charge is 0.330 e. The maximum atomic E-state index is 13.7. The van der Waals surface area contributed by atoms with Gasteiger partial charge in [0, 0.05) is 19.1 Å². The average Bonchev–Trinajstić information content (AvgIpc) is 2.56. The van der Waals surface area contributed by atoms with Crippen molar-refractivity contribution in [2.75, 3.05) is 31.2 Å². The van der Waals surface area contributed by atoms with E-state index in [0.717, 1.165) is 0 Å². The summed E-state index contributed by atoms with van der Waals surface area (Å²) in [6.45, 7) is -1.17. The predicted octanol–water partition coefficient (Wildman–Crippen LogP) is 2.83. The first-order valence-electron chi connectivity index (χ1n) is 7.82. The Morgan fingerprint density at radius 1 is 1.28 bits per heavy atom. The van der Waals surface area contributed by atoms with Crippen LogP contribution in [0.3, 0.4) is 0 Å². The van der Waals surface area contributed by atoms with Crippen molar-refractivity contribution in [3.05, 3.63) is 30.1 Å². The number of anilines is 1. The van der Waals surface area contributed by atoms with Gasteiger partial charge >= 0.3 is 12.3 Å². The van der Waals surface area contributed by atoms with Crippen LogP contribution in [-0.4, -0.2) is 50.6 Å². The van der Waals surface area contributed by atoms with Crippen LogP contribution in [-0.2, 0) is 9.53 Å². The number of hydrogen-bond donors (Lipinski definition) is 1. The quantitative estimate of drug-likeness (QED) is 0.755. The zero-order chi connectivity index (χ0) is 18.4. The Labute approximate surface area is 141 Å². The monoisotopic (exact) mass is 366 g/mol. The number of hydrogen-bond acceptors (Lipinski definition) is 3. The van der Waals surface area contributed by atoms with Crippen LogP contribution in [0.2, 0.25) is 0 Å². The Morgan fingerprint density at radius 3 is 2.52 bits per heavy atom. The van der Waals surface area contributed by atoms with Crippen molar-refractivity contribution in [3.63, 3.8) is 0 Å². The lowest BCUT2D eigenvalue weighted by molar-refractivity contribution is -0.168. The van der Waals surface area contributed by atoms with E-state index in [1.165, 1.54) is 6.07 Å². The fourth-order valence-corrected chi connectivity index (χ4v) is 2.59. The summed E-state index contributed by atoms with van der Waals surface area (Å²) in [5.41, 5.74) is 0.491. The van der Waals surface area contributed by atoms with Crippen molar-refractivity contribution < 1.29 is 31.5 Å². The van der Waals surface area contributed by atoms with Gasteiger partial charge in [-0.3, -0.25) is 4.79 Å². The molecule has 1 N–H and O–H groups in total. The van der Waals surface area contributed by atoms with Crippen molar-refractivity contribution in [2.45, 2.75) is 31.2 Å². The molecule has 1 fully saturated rings. The van der Waals surface area contributed by atoms with Crippen molar-refractivity contribution in [3.8, 4) is 0 Å². The molecule has 25 heavy (non-hydrogen) atoms. The summed E-state index contributed by atoms with van der Waals surface area (Å²) in [5, 5.41) is 2.60. The Bertz CT molecular complexity index is 577. The van der Waals surface area contributed by atoms with E-state index in [2.05, 4.69) is 10.1 Å². The lowest BCUT2D eigenvalue weighted by Crippen LogP contribution is -2.46. The second-order valence-electron chi connectivity index (χ2n) is 5.83. The van der Waals surface area contributed by atoms with Gasteiger partial charge in [0.25, 0.3) is 0 Å². The molecule has 1 aliphatic rings. The second kappa shape index (κ2) is 8.46. The Morgan fingerprint density at radius 2 is 1.92 bits per heavy atom. The number of nitrogens with zero attached hydrogens (tertiary/aromatic N) is 1. The third-order valence-corrected chi connectivity index (χ3v) is 3.90. The Hall–Kier alpha value is -1.90. The average molecular weight is 366 g/mol. The first kappa shape index (κ1) is 19.4. The van der Waals surface area contributed by atoms with Gasteiger partial charge in [0.2, 0.25) is 5.91 Å². The van der Waals surface area contributed by atoms with Gasteiger partial charge in [0.1, 0.15) is 19.0 Å². The topological polar surface area (TPSA) is 41.6 Å². The van der Waals surface area contributed by atoms with E-state index in [0.29, 0.717) is 31.6 Å². The van der Waals surface area contributed by atoms with Crippen LogP contribution in [0.1, 0.15) is 12.8 Å². The zero-order valence-corrected chi connectivity index (χ0v) is 13.4. The van der Waals surface area contributed by atoms with Gasteiger partial charge < -0.3 is 15.0 Å². The number of alkyl halides is 4. The fraction of sp³-hybridized carbons (Fsp3) is 0.562. The minimum atomic E-state index is -4.27. The number of amides is 1. The second-order valence-corrected chi connectivity index (χ2v) is 5.83. The van der Waals surface area contributed by atoms with E-state index < -0.39 is 31.5 Å². The third-order valence-electron chi connectivity index (χ3n) is 3.90. The highest BCUT2D eigenvalue weighted by molar-refractivity contribution is 5.77. The fourth-order valence-electron chi connectivity index (χ4n) is 2.59. The molecule has 1 aromatic carbocycles. The number of carbonyl (C=O) groups excluding carboxylic acids is 1. The molecule has 1 saturated heterocycles. The third kappa shape index (κ3) is 5.55. The molecule has 4 nitrogen and oxygen atoms in total. The summed E-state index contributed by atoms with van der Waals surface area (Å²) < 4.78 is 67.3. The van der Waals surface area contributed by atoms with Crippen molar-refractivity contribution in [1.82, 2.24) is 5.32 Å². The number of piperidine rings is 1. The van der Waals surface area contributed by atoms with Crippen molar-refractivity contribution in [1.29, 1.82) is 0 Å². The largest absolute Gasteiger partial charge is 0.369 e. The molecule has 0 aromatic heterocycles. The Balaban J connectivity index is 1.71. The van der Waals surface area contributed by atoms with E-state index >= 15 is 0 Å². The molecule has 0 radical (unpaired) electrons. The van der Waals surface area contributed by atoms with Crippen LogP contribution < -0.4 is 10.2 Å². The normalized spacial score (nSPS) is 16.3. The lowest BCUT2D eigenvalue weighted by Gasteiger charge is -2.34. The van der Waals surface area contributed by atoms with Gasteiger partial charge in [-0.25, -0.2) is 13.2 Å². The van der Waals surface area contributed by atoms with Gasteiger partial charge in [-0.2, -0.15) is 8.78 Å². The summed E-state index contributed by atoms with van der Waals surface area (Å²) in [6.07, 6.45) is -2.74. The molecule has 0 spiro atoms. The summed E-state index contributed by atoms with van der Waals surface area (Å²) in [6, 6.07) is 6.18. The Kier molecular flexibility index (Phi) is 6.57. The molecular weight excluding hydrogens is 347 g/mol. The molecule has 0 bridgehead atoms. The molecule has 140 valence electrons. The van der Waals surface area contributed by atoms with Gasteiger partial charge in [0.15, 0.2) is 0 Å². The van der Waals surface area contributed by atoms with Crippen LogP contribution in [0.15, 0.2) is 24.3 Å². The highest BCUT2D eigenvalue weighted by Gasteiger charge is 2.41. The number of nitrogens with one attached hydrogen (secondary N) is 1. The van der Waals surface area contributed by atoms with Crippen LogP contribution in [0, 0.1) is 5.82 Å². The van der Waals surface area contributed by atoms with E-state index in [-0.39, 0.29) is 11.9 Å². The molecule has 0 saturated carbocycles. The molecule has 9 heteroatoms. The van der Waals surface area contributed by atoms with E-state index in [4.69, 9.17) is 0 Å². The van der Waals surface area contributed by atoms with Gasteiger partial charge in [-0.1, -0.05) is 12.1 Å². The number of benzene rings is 1. The first-order valence-corrected chi connectivity index (χ1v) is 7.82. The first-order chi connectivity index (χ1) is 11.8. The zero-order valence-electron chi connectivity index (χ0n) is 13.4. The molecular formula is C16H19F5N2O2. The molecule has 2 rings (SSSR count). The molecule has 1 amide bonds. The summed E-state index contributed by atoms with van der Waals surface area (Å²) >= 11 is 0. The molecule has 1 aromatic rings. The molecule has 0 aliphatic carbocycles. The standard InChI is InChI=1S/C16H19F5N2O2/c17-12-3-1-2-4-13(12)23-7-5-11(6-8-23)22-14(24)9-25-10-16(20,21)15(18)19/h1-4,11,15H,5-10H2,(H,22,24). The van der Waals surface area contributed by atoms with Crippen LogP contribution in [0.4, 0.5) is 27.6 Å². The number of rotatable bonds is 7. The minimum Gasteiger partial charge on any atom is -0.369 e. The SMILES string of the molecule is O=C(COCC(F)(F)C(F)F)NC1CCN(c2ccccc2F)CC1. The number of carbonyl (C=O) groups is 1. The maximum absolute atomic E-state index is 13.7. The highest BCUT2D eigenvalue weighted by atomic mass is 19.3. The number of para-hydroxylation sites is 1. The molecule has 0 atom stereocenters. The van der Waals surface area contributed by atoms with Gasteiger partial charge in [-0.05, 0) is 25.0 Å². The molecule has 1 aliphatic heterocycles. The summed E-state index contributed by atoms with van der Waals surface area (Å²) in [4.78, 5) is 13.5. The van der Waals surface area contributed by atoms with Crippen molar-refractivity contribution in [2.24, 2.45) is 0 Å². The lowest BCUT2D eigenvalue weighted by atomic mass is 10.0. The minimum absolute atomic E-state index is 0.199. The van der Waals surface area contributed by atoms with Gasteiger partial charge in [-0.15, -0.1) is 0 Å². The van der Waals surface area contributed by atoms with Crippen LogP contribution >= 0.6 is 0 Å².